The van der Waals surface area contributed by atoms with E-state index in [1.807, 2.05) is 0 Å². The Morgan fingerprint density at radius 3 is 2.83 bits per heavy atom. The van der Waals surface area contributed by atoms with Gasteiger partial charge in [-0.15, -0.1) is 0 Å². The van der Waals surface area contributed by atoms with E-state index in [0.29, 0.717) is 13.2 Å². The molecule has 4 nitrogen and oxygen atoms in total. The van der Waals surface area contributed by atoms with Gasteiger partial charge in [0, 0.05) is 6.54 Å². The first-order valence-electron chi connectivity index (χ1n) is 6.97. The largest absolute Gasteiger partial charge is 0.502 e. The van der Waals surface area contributed by atoms with Gasteiger partial charge >= 0.3 is 0 Å². The van der Waals surface area contributed by atoms with E-state index in [2.05, 4.69) is 24.1 Å². The van der Waals surface area contributed by atoms with E-state index >= 15 is 0 Å². The zero-order valence-electron chi connectivity index (χ0n) is 11.5. The fourth-order valence-electron chi connectivity index (χ4n) is 2.60. The highest BCUT2D eigenvalue weighted by atomic mass is 16.5. The first-order chi connectivity index (χ1) is 8.75. The van der Waals surface area contributed by atoms with Gasteiger partial charge < -0.3 is 15.4 Å². The minimum Gasteiger partial charge on any atom is -0.502 e. The van der Waals surface area contributed by atoms with Crippen LogP contribution in [0.5, 0.6) is 0 Å². The Morgan fingerprint density at radius 1 is 1.50 bits per heavy atom. The summed E-state index contributed by atoms with van der Waals surface area (Å²) in [5, 5.41) is 6.38. The van der Waals surface area contributed by atoms with Crippen molar-refractivity contribution in [1.82, 2.24) is 10.6 Å². The van der Waals surface area contributed by atoms with Crippen LogP contribution in [-0.4, -0.2) is 32.1 Å². The van der Waals surface area contributed by atoms with Gasteiger partial charge in [-0.25, -0.2) is 0 Å². The molecule has 0 bridgehead atoms. The molecule has 18 heavy (non-hydrogen) atoms. The molecule has 1 fully saturated rings. The van der Waals surface area contributed by atoms with Gasteiger partial charge in [-0.05, 0) is 38.8 Å². The molecule has 1 rings (SSSR count). The summed E-state index contributed by atoms with van der Waals surface area (Å²) in [5.74, 6) is 0.226. The molecule has 0 saturated carbocycles. The van der Waals surface area contributed by atoms with E-state index in [9.17, 15) is 4.79 Å². The van der Waals surface area contributed by atoms with Crippen molar-refractivity contribution < 1.29 is 9.53 Å². The molecule has 104 valence electrons. The molecule has 1 saturated heterocycles. The number of ether oxygens (including phenoxy) is 1. The third kappa shape index (κ3) is 4.33. The lowest BCUT2D eigenvalue weighted by Gasteiger charge is -2.36. The zero-order valence-corrected chi connectivity index (χ0v) is 11.5. The molecule has 0 radical (unpaired) electrons. The fourth-order valence-corrected chi connectivity index (χ4v) is 2.60. The second-order valence-corrected chi connectivity index (χ2v) is 4.93. The van der Waals surface area contributed by atoms with E-state index in [1.165, 1.54) is 6.26 Å². The summed E-state index contributed by atoms with van der Waals surface area (Å²) in [6.07, 6.45) is 6.23. The van der Waals surface area contributed by atoms with Crippen LogP contribution in [0.15, 0.2) is 12.8 Å². The maximum atomic E-state index is 12.3. The minimum absolute atomic E-state index is 0.140. The van der Waals surface area contributed by atoms with Gasteiger partial charge in [0.25, 0.3) is 0 Å². The molecular formula is C14H26N2O2. The number of nitrogens with one attached hydrogen (secondary N) is 2. The number of hydrogen-bond donors (Lipinski definition) is 2. The molecule has 1 amide bonds. The summed E-state index contributed by atoms with van der Waals surface area (Å²) < 4.78 is 5.04. The van der Waals surface area contributed by atoms with Gasteiger partial charge in [-0.2, -0.15) is 0 Å². The van der Waals surface area contributed by atoms with Gasteiger partial charge in [0.1, 0.15) is 0 Å². The van der Waals surface area contributed by atoms with Crippen LogP contribution in [0.1, 0.15) is 39.0 Å². The van der Waals surface area contributed by atoms with Crippen LogP contribution in [-0.2, 0) is 9.53 Å². The number of hydrogen-bond acceptors (Lipinski definition) is 3. The number of carbonyl (C=O) groups excluding carboxylic acids is 1. The summed E-state index contributed by atoms with van der Waals surface area (Å²) in [7, 11) is 0. The first kappa shape index (κ1) is 15.0. The maximum absolute atomic E-state index is 12.3. The van der Waals surface area contributed by atoms with Crippen molar-refractivity contribution in [2.24, 2.45) is 5.41 Å². The normalized spacial score (nSPS) is 18.1. The Kier molecular flexibility index (Phi) is 6.80. The van der Waals surface area contributed by atoms with Crippen LogP contribution in [0.3, 0.4) is 0 Å². The van der Waals surface area contributed by atoms with Gasteiger partial charge in [0.15, 0.2) is 0 Å². The van der Waals surface area contributed by atoms with Crippen LogP contribution in [0, 0.1) is 5.41 Å². The number of amides is 1. The predicted molar refractivity (Wildman–Crippen MR) is 73.2 cm³/mol. The monoisotopic (exact) mass is 254 g/mol. The highest BCUT2D eigenvalue weighted by Crippen LogP contribution is 2.34. The summed E-state index contributed by atoms with van der Waals surface area (Å²) in [6.45, 7) is 8.84. The van der Waals surface area contributed by atoms with Crippen molar-refractivity contribution >= 4 is 5.91 Å². The fraction of sp³-hybridized carbons (Fsp3) is 0.786. The SMILES string of the molecule is C=COCCCNC(=O)C1(CCC)CCNCC1. The molecule has 0 aromatic heterocycles. The standard InChI is InChI=1S/C14H26N2O2/c1-3-6-14(7-10-15-11-8-14)13(17)16-9-5-12-18-4-2/h4,15H,2-3,5-12H2,1H3,(H,16,17). The molecule has 0 aliphatic carbocycles. The lowest BCUT2D eigenvalue weighted by Crippen LogP contribution is -2.47. The number of rotatable bonds is 8. The van der Waals surface area contributed by atoms with E-state index < -0.39 is 0 Å². The summed E-state index contributed by atoms with van der Waals surface area (Å²) in [4.78, 5) is 12.3. The van der Waals surface area contributed by atoms with E-state index in [-0.39, 0.29) is 11.3 Å². The minimum atomic E-state index is -0.140. The molecule has 0 spiro atoms. The summed E-state index contributed by atoms with van der Waals surface area (Å²) >= 11 is 0. The molecular weight excluding hydrogens is 228 g/mol. The molecule has 0 atom stereocenters. The van der Waals surface area contributed by atoms with Crippen molar-refractivity contribution in [1.29, 1.82) is 0 Å². The average molecular weight is 254 g/mol. The highest BCUT2D eigenvalue weighted by Gasteiger charge is 2.38. The molecule has 2 N–H and O–H groups in total. The third-order valence-corrected chi connectivity index (χ3v) is 3.61. The predicted octanol–water partition coefficient (Wildman–Crippen LogP) is 1.82. The third-order valence-electron chi connectivity index (χ3n) is 3.61. The Morgan fingerprint density at radius 2 is 2.22 bits per heavy atom. The second kappa shape index (κ2) is 8.14. The van der Waals surface area contributed by atoms with E-state index in [4.69, 9.17) is 4.74 Å². The van der Waals surface area contributed by atoms with Crippen molar-refractivity contribution in [3.05, 3.63) is 12.8 Å². The maximum Gasteiger partial charge on any atom is 0.226 e. The summed E-state index contributed by atoms with van der Waals surface area (Å²) in [6, 6.07) is 0. The van der Waals surface area contributed by atoms with Crippen molar-refractivity contribution in [2.45, 2.75) is 39.0 Å². The number of carbonyl (C=O) groups is 1. The molecule has 0 unspecified atom stereocenters. The Bertz CT molecular complexity index is 255. The Labute approximate surface area is 110 Å². The topological polar surface area (TPSA) is 50.4 Å². The molecule has 4 heteroatoms. The Balaban J connectivity index is 2.37. The van der Waals surface area contributed by atoms with Gasteiger partial charge in [-0.1, -0.05) is 19.9 Å². The first-order valence-corrected chi connectivity index (χ1v) is 6.97. The van der Waals surface area contributed by atoms with Crippen molar-refractivity contribution in [3.63, 3.8) is 0 Å². The highest BCUT2D eigenvalue weighted by molar-refractivity contribution is 5.82. The molecule has 1 heterocycles. The lowest BCUT2D eigenvalue weighted by atomic mass is 9.74. The van der Waals surface area contributed by atoms with Gasteiger partial charge in [0.2, 0.25) is 5.91 Å². The number of piperidine rings is 1. The van der Waals surface area contributed by atoms with Crippen LogP contribution in [0.2, 0.25) is 0 Å². The van der Waals surface area contributed by atoms with Crippen LogP contribution >= 0.6 is 0 Å². The lowest BCUT2D eigenvalue weighted by molar-refractivity contribution is -0.133. The molecule has 0 aromatic rings. The van der Waals surface area contributed by atoms with Crippen molar-refractivity contribution in [3.8, 4) is 0 Å². The average Bonchev–Trinajstić information content (AvgIpc) is 2.39. The van der Waals surface area contributed by atoms with Crippen LogP contribution < -0.4 is 10.6 Å². The zero-order chi connectivity index (χ0) is 13.3. The van der Waals surface area contributed by atoms with Crippen LogP contribution in [0.4, 0.5) is 0 Å². The van der Waals surface area contributed by atoms with Crippen LogP contribution in [0.25, 0.3) is 0 Å². The molecule has 1 aliphatic heterocycles. The van der Waals surface area contributed by atoms with Crippen molar-refractivity contribution in [2.75, 3.05) is 26.2 Å². The second-order valence-electron chi connectivity index (χ2n) is 4.93. The molecule has 0 aromatic carbocycles. The quantitative estimate of drug-likeness (QED) is 0.513. The molecule has 1 aliphatic rings. The smallest absolute Gasteiger partial charge is 0.226 e. The van der Waals surface area contributed by atoms with E-state index in [0.717, 1.165) is 45.2 Å². The van der Waals surface area contributed by atoms with E-state index in [1.54, 1.807) is 0 Å². The summed E-state index contributed by atoms with van der Waals surface area (Å²) in [5.41, 5.74) is -0.140. The Hall–Kier alpha value is -1.03. The van der Waals surface area contributed by atoms with Gasteiger partial charge in [-0.3, -0.25) is 4.79 Å². The van der Waals surface area contributed by atoms with Gasteiger partial charge in [0.05, 0.1) is 18.3 Å².